The van der Waals surface area contributed by atoms with Crippen LogP contribution in [-0.4, -0.2) is 44.7 Å². The van der Waals surface area contributed by atoms with Crippen LogP contribution in [0.25, 0.3) is 22.7 Å². The fourth-order valence-corrected chi connectivity index (χ4v) is 4.15. The number of hydrogen-bond acceptors (Lipinski definition) is 6. The van der Waals surface area contributed by atoms with Crippen molar-refractivity contribution in [1.29, 1.82) is 0 Å². The summed E-state index contributed by atoms with van der Waals surface area (Å²) in [7, 11) is 0. The fourth-order valence-electron chi connectivity index (χ4n) is 4.15. The van der Waals surface area contributed by atoms with E-state index in [1.165, 1.54) is 35.2 Å². The number of dihydropyridines is 1. The maximum atomic E-state index is 14.4. The summed E-state index contributed by atoms with van der Waals surface area (Å²) in [5.41, 5.74) is 9.91. The monoisotopic (exact) mass is 435 g/mol. The molecule has 2 aliphatic heterocycles. The van der Waals surface area contributed by atoms with Crippen LogP contribution in [0.2, 0.25) is 0 Å². The van der Waals surface area contributed by atoms with Crippen LogP contribution in [0.5, 0.6) is 0 Å². The topological polar surface area (TPSA) is 84.9 Å². The van der Waals surface area contributed by atoms with Crippen molar-refractivity contribution in [1.82, 2.24) is 30.4 Å². The van der Waals surface area contributed by atoms with Gasteiger partial charge in [-0.2, -0.15) is 4.68 Å². The Bertz CT molecular complexity index is 1190. The molecule has 0 radical (unpaired) electrons. The van der Waals surface area contributed by atoms with Gasteiger partial charge in [0.15, 0.2) is 17.5 Å². The van der Waals surface area contributed by atoms with E-state index in [0.29, 0.717) is 18.1 Å². The first-order valence-corrected chi connectivity index (χ1v) is 10.6. The summed E-state index contributed by atoms with van der Waals surface area (Å²) in [4.78, 5) is 2.46. The number of nitrogens with two attached hydrogens (primary N) is 1. The first-order valence-electron chi connectivity index (χ1n) is 10.6. The van der Waals surface area contributed by atoms with Gasteiger partial charge in [-0.05, 0) is 71.3 Å². The van der Waals surface area contributed by atoms with Crippen LogP contribution in [-0.2, 0) is 6.54 Å². The third-order valence-corrected chi connectivity index (χ3v) is 5.88. The molecule has 2 aliphatic rings. The Morgan fingerprint density at radius 1 is 1.03 bits per heavy atom. The largest absolute Gasteiger partial charge is 0.384 e. The van der Waals surface area contributed by atoms with E-state index in [4.69, 9.17) is 5.73 Å². The number of likely N-dealkylation sites (tertiary alicyclic amines) is 1. The van der Waals surface area contributed by atoms with Crippen molar-refractivity contribution in [2.75, 3.05) is 19.6 Å². The molecule has 3 N–H and O–H groups in total. The Hall–Kier alpha value is -3.59. The number of nitrogens with one attached hydrogen (secondary N) is 1. The Labute approximate surface area is 184 Å². The van der Waals surface area contributed by atoms with Crippen LogP contribution in [0.4, 0.5) is 8.78 Å². The van der Waals surface area contributed by atoms with E-state index in [1.54, 1.807) is 0 Å². The Balaban J connectivity index is 1.44. The van der Waals surface area contributed by atoms with Crippen LogP contribution in [0.1, 0.15) is 24.0 Å². The summed E-state index contributed by atoms with van der Waals surface area (Å²) < 4.78 is 29.4. The first kappa shape index (κ1) is 20.3. The Kier molecular flexibility index (Phi) is 5.40. The number of halogens is 2. The maximum Gasteiger partial charge on any atom is 0.190 e. The van der Waals surface area contributed by atoms with Crippen molar-refractivity contribution in [3.63, 3.8) is 0 Å². The molecule has 9 heteroatoms. The van der Waals surface area contributed by atoms with Crippen molar-refractivity contribution in [3.8, 4) is 11.4 Å². The summed E-state index contributed by atoms with van der Waals surface area (Å²) in [5.74, 6) is -1.56. The quantitative estimate of drug-likeness (QED) is 0.641. The minimum atomic E-state index is -1.01. The lowest BCUT2D eigenvalue weighted by atomic mass is 10.0. The van der Waals surface area contributed by atoms with Gasteiger partial charge in [0.05, 0.1) is 5.56 Å². The van der Waals surface area contributed by atoms with E-state index >= 15 is 0 Å². The molecule has 0 spiro atoms. The van der Waals surface area contributed by atoms with E-state index in [9.17, 15) is 8.78 Å². The maximum absolute atomic E-state index is 14.4. The van der Waals surface area contributed by atoms with Crippen molar-refractivity contribution in [2.24, 2.45) is 5.73 Å². The lowest BCUT2D eigenvalue weighted by Crippen LogP contribution is -2.28. The average molecular weight is 435 g/mol. The summed E-state index contributed by atoms with van der Waals surface area (Å²) in [6.07, 6.45) is 4.41. The van der Waals surface area contributed by atoms with Crippen molar-refractivity contribution >= 4 is 11.3 Å². The molecule has 0 bridgehead atoms. The minimum Gasteiger partial charge on any atom is -0.384 e. The average Bonchev–Trinajstić information content (AvgIpc) is 3.49. The zero-order chi connectivity index (χ0) is 22.1. The van der Waals surface area contributed by atoms with E-state index in [0.717, 1.165) is 36.8 Å². The minimum absolute atomic E-state index is 0.0397. The highest BCUT2D eigenvalue weighted by Crippen LogP contribution is 2.28. The molecule has 0 unspecified atom stereocenters. The molecule has 3 aromatic rings. The third-order valence-electron chi connectivity index (χ3n) is 5.88. The molecule has 1 aromatic heterocycles. The van der Waals surface area contributed by atoms with Crippen LogP contribution in [0.3, 0.4) is 0 Å². The number of nitrogens with zero attached hydrogens (tertiary/aromatic N) is 5. The number of aromatic nitrogens is 4. The van der Waals surface area contributed by atoms with Gasteiger partial charge in [-0.15, -0.1) is 5.10 Å². The number of tetrazole rings is 1. The lowest BCUT2D eigenvalue weighted by molar-refractivity contribution is 0.331. The van der Waals surface area contributed by atoms with Gasteiger partial charge in [0.1, 0.15) is 11.5 Å². The highest BCUT2D eigenvalue weighted by Gasteiger charge is 2.22. The van der Waals surface area contributed by atoms with E-state index < -0.39 is 11.6 Å². The second kappa shape index (κ2) is 8.51. The molecule has 0 amide bonds. The van der Waals surface area contributed by atoms with Crippen molar-refractivity contribution < 1.29 is 8.78 Å². The second-order valence-corrected chi connectivity index (χ2v) is 8.02. The van der Waals surface area contributed by atoms with Gasteiger partial charge >= 0.3 is 0 Å². The molecular formula is C23H23F2N7. The molecule has 5 rings (SSSR count). The fraction of sp³-hybridized carbons (Fsp3) is 0.261. The lowest BCUT2D eigenvalue weighted by Gasteiger charge is -2.21. The van der Waals surface area contributed by atoms with Crippen LogP contribution >= 0.6 is 0 Å². The number of rotatable bonds is 5. The molecule has 2 aromatic carbocycles. The SMILES string of the molecule is NC1=C(n2nnnc2-c2cccc(F)c2F)C=C(c2ccc(CN3CCCC3)cc2)CN1. The first-order chi connectivity index (χ1) is 15.6. The highest BCUT2D eigenvalue weighted by molar-refractivity contribution is 5.81. The predicted molar refractivity (Wildman–Crippen MR) is 118 cm³/mol. The predicted octanol–water partition coefficient (Wildman–Crippen LogP) is 2.99. The van der Waals surface area contributed by atoms with Gasteiger partial charge < -0.3 is 11.1 Å². The molecule has 32 heavy (non-hydrogen) atoms. The van der Waals surface area contributed by atoms with Gasteiger partial charge in [0.2, 0.25) is 0 Å². The molecule has 0 aliphatic carbocycles. The zero-order valence-corrected chi connectivity index (χ0v) is 17.4. The van der Waals surface area contributed by atoms with Crippen LogP contribution in [0, 0.1) is 11.6 Å². The molecule has 0 saturated carbocycles. The van der Waals surface area contributed by atoms with Gasteiger partial charge in [-0.25, -0.2) is 8.78 Å². The molecule has 1 saturated heterocycles. The molecule has 3 heterocycles. The normalized spacial score (nSPS) is 16.9. The van der Waals surface area contributed by atoms with Gasteiger partial charge in [0.25, 0.3) is 0 Å². The highest BCUT2D eigenvalue weighted by atomic mass is 19.2. The standard InChI is InChI=1S/C23H23F2N7/c24-19-5-3-4-18(21(19)25)23-28-29-30-32(23)20-12-17(13-27-22(20)26)16-8-6-15(7-9-16)14-31-10-1-2-11-31/h3-9,12,27H,1-2,10-11,13-14,26H2. The van der Waals surface area contributed by atoms with Gasteiger partial charge in [-0.3, -0.25) is 4.90 Å². The van der Waals surface area contributed by atoms with Crippen molar-refractivity contribution in [3.05, 3.63) is 77.1 Å². The molecule has 164 valence electrons. The summed E-state index contributed by atoms with van der Waals surface area (Å²) in [6, 6.07) is 12.3. The number of allylic oxidation sites excluding steroid dienone is 2. The van der Waals surface area contributed by atoms with Crippen LogP contribution in [0.15, 0.2) is 54.4 Å². The zero-order valence-electron chi connectivity index (χ0n) is 17.4. The van der Waals surface area contributed by atoms with E-state index in [-0.39, 0.29) is 11.4 Å². The molecule has 1 fully saturated rings. The summed E-state index contributed by atoms with van der Waals surface area (Å²) in [6.45, 7) is 3.81. The van der Waals surface area contributed by atoms with E-state index in [2.05, 4.69) is 50.0 Å². The molecule has 0 atom stereocenters. The van der Waals surface area contributed by atoms with E-state index in [1.807, 2.05) is 6.08 Å². The Morgan fingerprint density at radius 2 is 1.81 bits per heavy atom. The third kappa shape index (κ3) is 3.87. The number of benzene rings is 2. The van der Waals surface area contributed by atoms with Gasteiger partial charge in [-0.1, -0.05) is 30.3 Å². The summed E-state index contributed by atoms with van der Waals surface area (Å²) >= 11 is 0. The van der Waals surface area contributed by atoms with Crippen LogP contribution < -0.4 is 11.1 Å². The smallest absolute Gasteiger partial charge is 0.190 e. The number of hydrogen-bond donors (Lipinski definition) is 2. The molecular weight excluding hydrogens is 412 g/mol. The summed E-state index contributed by atoms with van der Waals surface area (Å²) in [5, 5.41) is 14.7. The second-order valence-electron chi connectivity index (χ2n) is 8.02. The van der Waals surface area contributed by atoms with Gasteiger partial charge in [0, 0.05) is 13.1 Å². The Morgan fingerprint density at radius 3 is 2.59 bits per heavy atom. The molecule has 7 nitrogen and oxygen atoms in total. The van der Waals surface area contributed by atoms with Crippen molar-refractivity contribution in [2.45, 2.75) is 19.4 Å².